The van der Waals surface area contributed by atoms with Crippen LogP contribution in [0.2, 0.25) is 0 Å². The molecule has 0 bridgehead atoms. The summed E-state index contributed by atoms with van der Waals surface area (Å²) in [6, 6.07) is 6.80. The molecule has 0 aliphatic carbocycles. The molecule has 0 amide bonds. The zero-order chi connectivity index (χ0) is 13.0. The normalized spacial score (nSPS) is 17.3. The van der Waals surface area contributed by atoms with E-state index in [1.807, 2.05) is 18.8 Å². The fourth-order valence-electron chi connectivity index (χ4n) is 1.87. The number of benzene rings is 1. The van der Waals surface area contributed by atoms with E-state index in [9.17, 15) is 0 Å². The highest BCUT2D eigenvalue weighted by Gasteiger charge is 2.19. The number of thioether (sulfide) groups is 1. The second-order valence-corrected chi connectivity index (χ2v) is 5.84. The van der Waals surface area contributed by atoms with Crippen LogP contribution in [-0.2, 0) is 10.5 Å². The van der Waals surface area contributed by atoms with E-state index >= 15 is 0 Å². The number of nitrogens with one attached hydrogen (secondary N) is 1. The largest absolute Gasteiger partial charge is 0.496 e. The Labute approximate surface area is 113 Å². The van der Waals surface area contributed by atoms with Crippen molar-refractivity contribution in [3.05, 3.63) is 29.3 Å². The van der Waals surface area contributed by atoms with Crippen molar-refractivity contribution in [2.75, 3.05) is 27.4 Å². The zero-order valence-corrected chi connectivity index (χ0v) is 12.0. The van der Waals surface area contributed by atoms with Gasteiger partial charge in [-0.15, -0.1) is 11.8 Å². The van der Waals surface area contributed by atoms with Crippen LogP contribution in [0.1, 0.15) is 24.1 Å². The van der Waals surface area contributed by atoms with Crippen molar-refractivity contribution in [1.29, 1.82) is 0 Å². The number of hydrogen-bond donors (Lipinski definition) is 1. The number of rotatable bonds is 6. The predicted molar refractivity (Wildman–Crippen MR) is 76.4 cm³/mol. The van der Waals surface area contributed by atoms with Crippen LogP contribution in [0.5, 0.6) is 5.75 Å². The molecular weight excluding hydrogens is 246 g/mol. The van der Waals surface area contributed by atoms with E-state index in [-0.39, 0.29) is 0 Å². The molecule has 1 N–H and O–H groups in total. The SMILES string of the molecule is CNC(C)c1ccc(OC)c(CSC2COC2)c1. The van der Waals surface area contributed by atoms with Gasteiger partial charge in [0.1, 0.15) is 5.75 Å². The molecule has 0 radical (unpaired) electrons. The van der Waals surface area contributed by atoms with Gasteiger partial charge in [0.05, 0.1) is 25.6 Å². The summed E-state index contributed by atoms with van der Waals surface area (Å²) >= 11 is 1.95. The number of hydrogen-bond acceptors (Lipinski definition) is 4. The Bertz CT molecular complexity index is 393. The van der Waals surface area contributed by atoms with Gasteiger partial charge in [0.15, 0.2) is 0 Å². The van der Waals surface area contributed by atoms with Gasteiger partial charge < -0.3 is 14.8 Å². The smallest absolute Gasteiger partial charge is 0.122 e. The lowest BCUT2D eigenvalue weighted by Crippen LogP contribution is -2.30. The Morgan fingerprint density at radius 3 is 2.83 bits per heavy atom. The molecule has 1 heterocycles. The predicted octanol–water partition coefficient (Wildman–Crippen LogP) is 2.61. The highest BCUT2D eigenvalue weighted by Crippen LogP contribution is 2.30. The summed E-state index contributed by atoms with van der Waals surface area (Å²) in [6.45, 7) is 3.94. The van der Waals surface area contributed by atoms with Crippen molar-refractivity contribution >= 4 is 11.8 Å². The summed E-state index contributed by atoms with van der Waals surface area (Å²) in [5.74, 6) is 1.97. The van der Waals surface area contributed by atoms with Crippen LogP contribution in [0.3, 0.4) is 0 Å². The minimum absolute atomic E-state index is 0.367. The Kier molecular flexibility index (Phi) is 4.92. The van der Waals surface area contributed by atoms with E-state index in [1.54, 1.807) is 7.11 Å². The highest BCUT2D eigenvalue weighted by atomic mass is 32.2. The van der Waals surface area contributed by atoms with Crippen molar-refractivity contribution in [3.8, 4) is 5.75 Å². The molecule has 2 rings (SSSR count). The second kappa shape index (κ2) is 6.45. The maximum absolute atomic E-state index is 5.43. The van der Waals surface area contributed by atoms with E-state index in [1.165, 1.54) is 11.1 Å². The lowest BCUT2D eigenvalue weighted by molar-refractivity contribution is 0.0455. The fourth-order valence-corrected chi connectivity index (χ4v) is 2.89. The first-order chi connectivity index (χ1) is 8.74. The molecule has 1 aromatic rings. The molecule has 1 unspecified atom stereocenters. The Balaban J connectivity index is 2.08. The van der Waals surface area contributed by atoms with Crippen molar-refractivity contribution in [2.24, 2.45) is 0 Å². The van der Waals surface area contributed by atoms with Crippen LogP contribution < -0.4 is 10.1 Å². The Morgan fingerprint density at radius 2 is 2.28 bits per heavy atom. The van der Waals surface area contributed by atoms with Gasteiger partial charge in [0.2, 0.25) is 0 Å². The highest BCUT2D eigenvalue weighted by molar-refractivity contribution is 7.99. The number of ether oxygens (including phenoxy) is 2. The fraction of sp³-hybridized carbons (Fsp3) is 0.571. The van der Waals surface area contributed by atoms with Gasteiger partial charge in [0.25, 0.3) is 0 Å². The lowest BCUT2D eigenvalue weighted by Gasteiger charge is -2.25. The van der Waals surface area contributed by atoms with Gasteiger partial charge in [0, 0.05) is 17.4 Å². The molecule has 0 saturated carbocycles. The molecule has 0 aromatic heterocycles. The van der Waals surface area contributed by atoms with Crippen molar-refractivity contribution in [3.63, 3.8) is 0 Å². The second-order valence-electron chi connectivity index (χ2n) is 4.55. The van der Waals surface area contributed by atoms with E-state index < -0.39 is 0 Å². The summed E-state index contributed by atoms with van der Waals surface area (Å²) < 4.78 is 10.6. The minimum Gasteiger partial charge on any atom is -0.496 e. The molecule has 1 aromatic carbocycles. The van der Waals surface area contributed by atoms with Crippen LogP contribution in [0, 0.1) is 0 Å². The summed E-state index contributed by atoms with van der Waals surface area (Å²) in [6.07, 6.45) is 0. The third kappa shape index (κ3) is 3.19. The molecule has 18 heavy (non-hydrogen) atoms. The topological polar surface area (TPSA) is 30.5 Å². The number of methoxy groups -OCH3 is 1. The summed E-state index contributed by atoms with van der Waals surface area (Å²) in [4.78, 5) is 0. The van der Waals surface area contributed by atoms with Crippen LogP contribution >= 0.6 is 11.8 Å². The quantitative estimate of drug-likeness (QED) is 0.858. The molecule has 1 atom stereocenters. The lowest BCUT2D eigenvalue weighted by atomic mass is 10.1. The van der Waals surface area contributed by atoms with Crippen LogP contribution in [0.25, 0.3) is 0 Å². The first kappa shape index (κ1) is 13.7. The Morgan fingerprint density at radius 1 is 1.50 bits per heavy atom. The standard InChI is InChI=1S/C14H21NO2S/c1-10(15-2)11-4-5-14(16-3)12(6-11)9-18-13-7-17-8-13/h4-6,10,13,15H,7-9H2,1-3H3. The molecular formula is C14H21NO2S. The van der Waals surface area contributed by atoms with Crippen LogP contribution in [0.4, 0.5) is 0 Å². The molecule has 100 valence electrons. The van der Waals surface area contributed by atoms with E-state index in [2.05, 4.69) is 30.4 Å². The van der Waals surface area contributed by atoms with Gasteiger partial charge >= 0.3 is 0 Å². The first-order valence-corrected chi connectivity index (χ1v) is 7.33. The molecule has 1 saturated heterocycles. The van der Waals surface area contributed by atoms with Crippen LogP contribution in [-0.4, -0.2) is 32.6 Å². The van der Waals surface area contributed by atoms with E-state index in [4.69, 9.17) is 9.47 Å². The molecule has 3 nitrogen and oxygen atoms in total. The van der Waals surface area contributed by atoms with E-state index in [0.29, 0.717) is 11.3 Å². The summed E-state index contributed by atoms with van der Waals surface area (Å²) in [7, 11) is 3.71. The third-order valence-electron chi connectivity index (χ3n) is 3.32. The molecule has 1 aliphatic heterocycles. The van der Waals surface area contributed by atoms with Gasteiger partial charge in [-0.05, 0) is 31.7 Å². The molecule has 4 heteroatoms. The van der Waals surface area contributed by atoms with Gasteiger partial charge in [-0.1, -0.05) is 6.07 Å². The van der Waals surface area contributed by atoms with Crippen molar-refractivity contribution in [1.82, 2.24) is 5.32 Å². The van der Waals surface area contributed by atoms with Crippen molar-refractivity contribution < 1.29 is 9.47 Å². The molecule has 1 aliphatic rings. The summed E-state index contributed by atoms with van der Waals surface area (Å²) in [5.41, 5.74) is 2.58. The first-order valence-electron chi connectivity index (χ1n) is 6.28. The maximum Gasteiger partial charge on any atom is 0.122 e. The average molecular weight is 267 g/mol. The monoisotopic (exact) mass is 267 g/mol. The van der Waals surface area contributed by atoms with Gasteiger partial charge in [-0.25, -0.2) is 0 Å². The molecule has 0 spiro atoms. The Hall–Kier alpha value is -0.710. The molecule has 1 fully saturated rings. The zero-order valence-electron chi connectivity index (χ0n) is 11.2. The van der Waals surface area contributed by atoms with Gasteiger partial charge in [-0.2, -0.15) is 0 Å². The van der Waals surface area contributed by atoms with Crippen LogP contribution in [0.15, 0.2) is 18.2 Å². The van der Waals surface area contributed by atoms with Gasteiger partial charge in [-0.3, -0.25) is 0 Å². The minimum atomic E-state index is 0.367. The van der Waals surface area contributed by atoms with Crippen molar-refractivity contribution in [2.45, 2.75) is 24.0 Å². The average Bonchev–Trinajstić information content (AvgIpc) is 2.35. The summed E-state index contributed by atoms with van der Waals surface area (Å²) in [5, 5.41) is 3.92. The van der Waals surface area contributed by atoms with E-state index in [0.717, 1.165) is 24.7 Å². The maximum atomic E-state index is 5.43. The third-order valence-corrected chi connectivity index (χ3v) is 4.54.